The number of benzene rings is 1. The summed E-state index contributed by atoms with van der Waals surface area (Å²) in [4.78, 5) is 11.1. The van der Waals surface area contributed by atoms with E-state index in [0.29, 0.717) is 5.56 Å². The van der Waals surface area contributed by atoms with E-state index in [2.05, 4.69) is 6.58 Å². The molecule has 0 radical (unpaired) electrons. The summed E-state index contributed by atoms with van der Waals surface area (Å²) in [6.45, 7) is 5.09. The summed E-state index contributed by atoms with van der Waals surface area (Å²) in [5, 5.41) is 18.0. The third-order valence-corrected chi connectivity index (χ3v) is 2.59. The van der Waals surface area contributed by atoms with Gasteiger partial charge in [-0.2, -0.15) is 0 Å². The van der Waals surface area contributed by atoms with Crippen molar-refractivity contribution in [2.24, 2.45) is 0 Å². The molecule has 0 heterocycles. The van der Waals surface area contributed by atoms with Gasteiger partial charge in [-0.15, -0.1) is 6.58 Å². The maximum atomic E-state index is 11.1. The van der Waals surface area contributed by atoms with Crippen molar-refractivity contribution < 1.29 is 15.0 Å². The monoisotopic (exact) mass is 206 g/mol. The quantitative estimate of drug-likeness (QED) is 0.737. The molecule has 0 saturated heterocycles. The van der Waals surface area contributed by atoms with Crippen molar-refractivity contribution in [2.45, 2.75) is 18.9 Å². The fourth-order valence-electron chi connectivity index (χ4n) is 1.29. The Morgan fingerprint density at radius 3 is 2.33 bits per heavy atom. The summed E-state index contributed by atoms with van der Waals surface area (Å²) < 4.78 is 0. The van der Waals surface area contributed by atoms with Crippen LogP contribution in [0, 0.1) is 0 Å². The van der Waals surface area contributed by atoms with Gasteiger partial charge < -0.3 is 10.2 Å². The van der Waals surface area contributed by atoms with E-state index in [1.807, 2.05) is 0 Å². The molecular weight excluding hydrogens is 192 g/mol. The molecule has 0 aliphatic rings. The van der Waals surface area contributed by atoms with Gasteiger partial charge >= 0.3 is 5.97 Å². The maximum Gasteiger partial charge on any atom is 0.317 e. The molecule has 80 valence electrons. The first-order chi connectivity index (χ1) is 7.04. The molecule has 3 heteroatoms. The molecule has 1 atom stereocenters. The number of carboxylic acid groups (broad SMARTS) is 1. The summed E-state index contributed by atoms with van der Waals surface area (Å²) in [6, 6.07) is 6.81. The van der Waals surface area contributed by atoms with Gasteiger partial charge in [0.15, 0.2) is 0 Å². The first-order valence-corrected chi connectivity index (χ1v) is 4.62. The van der Waals surface area contributed by atoms with Crippen molar-refractivity contribution in [3.8, 4) is 0 Å². The maximum absolute atomic E-state index is 11.1. The lowest BCUT2D eigenvalue weighted by atomic mass is 9.82. The van der Waals surface area contributed by atoms with Crippen molar-refractivity contribution in [1.82, 2.24) is 0 Å². The zero-order valence-corrected chi connectivity index (χ0v) is 8.60. The Hall–Kier alpha value is -1.61. The number of rotatable bonds is 4. The van der Waals surface area contributed by atoms with Crippen molar-refractivity contribution in [2.75, 3.05) is 0 Å². The highest BCUT2D eigenvalue weighted by Crippen LogP contribution is 2.25. The molecule has 1 aromatic rings. The van der Waals surface area contributed by atoms with E-state index in [0.717, 1.165) is 5.56 Å². The average Bonchev–Trinajstić information content (AvgIpc) is 2.28. The van der Waals surface area contributed by atoms with E-state index in [4.69, 9.17) is 10.2 Å². The number of carbonyl (C=O) groups is 1. The number of aliphatic hydroxyl groups is 1. The lowest BCUT2D eigenvalue weighted by Crippen LogP contribution is -2.29. The Morgan fingerprint density at radius 1 is 1.47 bits per heavy atom. The first kappa shape index (κ1) is 11.5. The normalized spacial score (nSPS) is 14.3. The van der Waals surface area contributed by atoms with Crippen molar-refractivity contribution in [3.05, 3.63) is 48.0 Å². The van der Waals surface area contributed by atoms with Gasteiger partial charge in [0.05, 0.1) is 6.61 Å². The molecule has 1 aromatic carbocycles. The Kier molecular flexibility index (Phi) is 3.27. The van der Waals surface area contributed by atoms with Crippen LogP contribution in [-0.4, -0.2) is 16.2 Å². The van der Waals surface area contributed by atoms with Gasteiger partial charge in [0.1, 0.15) is 5.41 Å². The Morgan fingerprint density at radius 2 is 2.00 bits per heavy atom. The van der Waals surface area contributed by atoms with Crippen molar-refractivity contribution >= 4 is 5.97 Å². The third kappa shape index (κ3) is 2.07. The highest BCUT2D eigenvalue weighted by Gasteiger charge is 2.31. The number of carboxylic acids is 1. The molecule has 0 amide bonds. The molecule has 0 saturated carbocycles. The van der Waals surface area contributed by atoms with Crippen LogP contribution in [0.1, 0.15) is 18.1 Å². The molecule has 0 fully saturated rings. The summed E-state index contributed by atoms with van der Waals surface area (Å²) in [5.74, 6) is -0.936. The Labute approximate surface area is 88.7 Å². The lowest BCUT2D eigenvalue weighted by molar-refractivity contribution is -0.141. The number of hydrogen-bond donors (Lipinski definition) is 2. The molecule has 3 nitrogen and oxygen atoms in total. The van der Waals surface area contributed by atoms with Gasteiger partial charge in [0.2, 0.25) is 0 Å². The topological polar surface area (TPSA) is 57.5 Å². The van der Waals surface area contributed by atoms with Crippen LogP contribution in [0.2, 0.25) is 0 Å². The predicted octanol–water partition coefficient (Wildman–Crippen LogP) is 1.71. The Bertz CT molecular complexity index is 367. The van der Waals surface area contributed by atoms with Crippen molar-refractivity contribution in [1.29, 1.82) is 0 Å². The number of hydrogen-bond acceptors (Lipinski definition) is 2. The van der Waals surface area contributed by atoms with Gasteiger partial charge in [-0.1, -0.05) is 30.3 Å². The largest absolute Gasteiger partial charge is 0.480 e. The van der Waals surface area contributed by atoms with Gasteiger partial charge in [-0.05, 0) is 18.1 Å². The standard InChI is InChI=1S/C12H14O3/c1-3-12(2,11(14)15)10-6-4-9(8-13)5-7-10/h3-7,13H,1,8H2,2H3,(H,14,15). The highest BCUT2D eigenvalue weighted by atomic mass is 16.4. The Balaban J connectivity index is 3.14. The lowest BCUT2D eigenvalue weighted by Gasteiger charge is -2.20. The van der Waals surface area contributed by atoms with Crippen LogP contribution in [0.25, 0.3) is 0 Å². The van der Waals surface area contributed by atoms with Crippen LogP contribution in [-0.2, 0) is 16.8 Å². The molecule has 0 aliphatic carbocycles. The molecular formula is C12H14O3. The average molecular weight is 206 g/mol. The summed E-state index contributed by atoms with van der Waals surface area (Å²) >= 11 is 0. The summed E-state index contributed by atoms with van der Waals surface area (Å²) in [5.41, 5.74) is 0.339. The number of aliphatic carboxylic acids is 1. The van der Waals surface area contributed by atoms with Crippen LogP contribution in [0.5, 0.6) is 0 Å². The SMILES string of the molecule is C=CC(C)(C(=O)O)c1ccc(CO)cc1. The second-order valence-electron chi connectivity index (χ2n) is 3.57. The molecule has 0 aliphatic heterocycles. The van der Waals surface area contributed by atoms with E-state index in [1.54, 1.807) is 31.2 Å². The summed E-state index contributed by atoms with van der Waals surface area (Å²) in [7, 11) is 0. The zero-order chi connectivity index (χ0) is 11.5. The molecule has 15 heavy (non-hydrogen) atoms. The van der Waals surface area contributed by atoms with Gasteiger partial charge in [0, 0.05) is 0 Å². The highest BCUT2D eigenvalue weighted by molar-refractivity contribution is 5.83. The van der Waals surface area contributed by atoms with E-state index >= 15 is 0 Å². The molecule has 1 rings (SSSR count). The van der Waals surface area contributed by atoms with E-state index in [9.17, 15) is 4.79 Å². The fourth-order valence-corrected chi connectivity index (χ4v) is 1.29. The molecule has 0 spiro atoms. The minimum atomic E-state index is -1.08. The van der Waals surface area contributed by atoms with Crippen molar-refractivity contribution in [3.63, 3.8) is 0 Å². The van der Waals surface area contributed by atoms with E-state index in [-0.39, 0.29) is 6.61 Å². The second-order valence-corrected chi connectivity index (χ2v) is 3.57. The second kappa shape index (κ2) is 4.28. The molecule has 0 bridgehead atoms. The fraction of sp³-hybridized carbons (Fsp3) is 0.250. The predicted molar refractivity (Wildman–Crippen MR) is 57.5 cm³/mol. The molecule has 2 N–H and O–H groups in total. The van der Waals surface area contributed by atoms with Crippen LogP contribution >= 0.6 is 0 Å². The third-order valence-electron chi connectivity index (χ3n) is 2.59. The van der Waals surface area contributed by atoms with Crippen LogP contribution in [0.15, 0.2) is 36.9 Å². The molecule has 0 aromatic heterocycles. The summed E-state index contributed by atoms with van der Waals surface area (Å²) in [6.07, 6.45) is 1.41. The smallest absolute Gasteiger partial charge is 0.317 e. The zero-order valence-electron chi connectivity index (χ0n) is 8.60. The van der Waals surface area contributed by atoms with Gasteiger partial charge in [0.25, 0.3) is 0 Å². The van der Waals surface area contributed by atoms with E-state index < -0.39 is 11.4 Å². The van der Waals surface area contributed by atoms with Crippen LogP contribution < -0.4 is 0 Å². The van der Waals surface area contributed by atoms with Gasteiger partial charge in [-0.3, -0.25) is 4.79 Å². The van der Waals surface area contributed by atoms with Gasteiger partial charge in [-0.25, -0.2) is 0 Å². The minimum Gasteiger partial charge on any atom is -0.480 e. The molecule has 1 unspecified atom stereocenters. The first-order valence-electron chi connectivity index (χ1n) is 4.62. The van der Waals surface area contributed by atoms with E-state index in [1.165, 1.54) is 6.08 Å². The minimum absolute atomic E-state index is 0.0435. The number of aliphatic hydroxyl groups excluding tert-OH is 1. The van der Waals surface area contributed by atoms with Crippen LogP contribution in [0.4, 0.5) is 0 Å². The van der Waals surface area contributed by atoms with Crippen LogP contribution in [0.3, 0.4) is 0 Å².